The monoisotopic (exact) mass is 247 g/mol. The van der Waals surface area contributed by atoms with Gasteiger partial charge in [0.25, 0.3) is 0 Å². The summed E-state index contributed by atoms with van der Waals surface area (Å²) in [5.74, 6) is 0.233. The second-order valence-corrected chi connectivity index (χ2v) is 5.23. The number of rotatable bonds is 2. The van der Waals surface area contributed by atoms with Gasteiger partial charge in [-0.1, -0.05) is 12.1 Å². The quantitative estimate of drug-likeness (QED) is 0.844. The zero-order valence-corrected chi connectivity index (χ0v) is 11.1. The van der Waals surface area contributed by atoms with Crippen molar-refractivity contribution in [3.63, 3.8) is 0 Å². The van der Waals surface area contributed by atoms with Gasteiger partial charge in [-0.3, -0.25) is 0 Å². The van der Waals surface area contributed by atoms with Crippen molar-refractivity contribution in [3.8, 4) is 5.75 Å². The lowest BCUT2D eigenvalue weighted by Gasteiger charge is -2.36. The molecule has 98 valence electrons. The number of aliphatic hydroxyl groups is 1. The highest BCUT2D eigenvalue weighted by Gasteiger charge is 2.35. The van der Waals surface area contributed by atoms with Gasteiger partial charge >= 0.3 is 0 Å². The summed E-state index contributed by atoms with van der Waals surface area (Å²) in [6.07, 6.45) is 5.85. The minimum atomic E-state index is -0.879. The van der Waals surface area contributed by atoms with Gasteiger partial charge in [0, 0.05) is 20.3 Å². The maximum atomic E-state index is 11.0. The Kier molecular flexibility index (Phi) is 3.62. The molecule has 0 unspecified atom stereocenters. The van der Waals surface area contributed by atoms with Crippen LogP contribution in [0.25, 0.3) is 0 Å². The standard InChI is InChI=1S/C15H21NO2/c1-16(2)11-13-5-3-4-10-15(13,18)12-6-8-14(17)9-7-12/h6-9,11,17-18H,3-5,10H2,1-2H3/t15-/m0/s1. The van der Waals surface area contributed by atoms with Crippen LogP contribution in [0.2, 0.25) is 0 Å². The topological polar surface area (TPSA) is 43.7 Å². The molecule has 0 aromatic heterocycles. The van der Waals surface area contributed by atoms with Gasteiger partial charge in [0.15, 0.2) is 0 Å². The SMILES string of the molecule is CN(C)C=C1CCCC[C@]1(O)c1ccc(O)cc1. The van der Waals surface area contributed by atoms with E-state index in [0.717, 1.165) is 36.8 Å². The second kappa shape index (κ2) is 5.02. The van der Waals surface area contributed by atoms with Crippen LogP contribution in [0.4, 0.5) is 0 Å². The highest BCUT2D eigenvalue weighted by atomic mass is 16.3. The first kappa shape index (κ1) is 13.0. The van der Waals surface area contributed by atoms with Crippen molar-refractivity contribution in [3.05, 3.63) is 41.6 Å². The molecule has 0 spiro atoms. The molecule has 1 fully saturated rings. The van der Waals surface area contributed by atoms with Gasteiger partial charge in [-0.25, -0.2) is 0 Å². The van der Waals surface area contributed by atoms with Crippen molar-refractivity contribution < 1.29 is 10.2 Å². The number of phenolic OH excluding ortho intramolecular Hbond substituents is 1. The van der Waals surface area contributed by atoms with Crippen LogP contribution in [0.3, 0.4) is 0 Å². The van der Waals surface area contributed by atoms with Crippen molar-refractivity contribution in [2.24, 2.45) is 0 Å². The average Bonchev–Trinajstić information content (AvgIpc) is 2.32. The third kappa shape index (κ3) is 2.51. The number of aromatic hydroxyl groups is 1. The lowest BCUT2D eigenvalue weighted by molar-refractivity contribution is 0.0469. The molecule has 1 aromatic carbocycles. The van der Waals surface area contributed by atoms with Crippen molar-refractivity contribution in [1.29, 1.82) is 0 Å². The van der Waals surface area contributed by atoms with Crippen molar-refractivity contribution in [1.82, 2.24) is 4.90 Å². The van der Waals surface area contributed by atoms with Crippen LogP contribution in [-0.4, -0.2) is 29.2 Å². The van der Waals surface area contributed by atoms with Gasteiger partial charge in [-0.15, -0.1) is 0 Å². The number of hydrogen-bond acceptors (Lipinski definition) is 3. The van der Waals surface area contributed by atoms with Crippen LogP contribution in [0.1, 0.15) is 31.2 Å². The van der Waals surface area contributed by atoms with Gasteiger partial charge in [0.1, 0.15) is 11.4 Å². The largest absolute Gasteiger partial charge is 0.508 e. The van der Waals surface area contributed by atoms with E-state index < -0.39 is 5.60 Å². The lowest BCUT2D eigenvalue weighted by atomic mass is 9.76. The molecule has 0 aliphatic heterocycles. The Labute approximate surface area is 108 Å². The molecule has 1 aliphatic rings. The van der Waals surface area contributed by atoms with Crippen LogP contribution in [0, 0.1) is 0 Å². The van der Waals surface area contributed by atoms with Crippen LogP contribution >= 0.6 is 0 Å². The van der Waals surface area contributed by atoms with E-state index in [1.807, 2.05) is 37.3 Å². The molecule has 0 amide bonds. The first-order valence-corrected chi connectivity index (χ1v) is 6.42. The highest BCUT2D eigenvalue weighted by molar-refractivity contribution is 5.37. The van der Waals surface area contributed by atoms with Crippen molar-refractivity contribution in [2.75, 3.05) is 14.1 Å². The Morgan fingerprint density at radius 2 is 1.83 bits per heavy atom. The Morgan fingerprint density at radius 1 is 1.17 bits per heavy atom. The fraction of sp³-hybridized carbons (Fsp3) is 0.467. The summed E-state index contributed by atoms with van der Waals surface area (Å²) < 4.78 is 0. The van der Waals surface area contributed by atoms with E-state index in [4.69, 9.17) is 0 Å². The smallest absolute Gasteiger partial charge is 0.115 e. The van der Waals surface area contributed by atoms with Crippen molar-refractivity contribution in [2.45, 2.75) is 31.3 Å². The maximum absolute atomic E-state index is 11.0. The predicted octanol–water partition coefficient (Wildman–Crippen LogP) is 2.60. The van der Waals surface area contributed by atoms with E-state index in [1.54, 1.807) is 12.1 Å². The minimum absolute atomic E-state index is 0.233. The van der Waals surface area contributed by atoms with Gasteiger partial charge in [0.05, 0.1) is 0 Å². The molecular formula is C15H21NO2. The van der Waals surface area contributed by atoms with E-state index in [-0.39, 0.29) is 5.75 Å². The Balaban J connectivity index is 2.39. The third-order valence-electron chi connectivity index (χ3n) is 3.52. The molecule has 1 aromatic rings. The molecular weight excluding hydrogens is 226 g/mol. The fourth-order valence-electron chi connectivity index (χ4n) is 2.61. The normalized spacial score (nSPS) is 26.3. The van der Waals surface area contributed by atoms with Gasteiger partial charge in [0.2, 0.25) is 0 Å². The first-order chi connectivity index (χ1) is 8.52. The average molecular weight is 247 g/mol. The van der Waals surface area contributed by atoms with E-state index in [1.165, 1.54) is 0 Å². The molecule has 2 N–H and O–H groups in total. The van der Waals surface area contributed by atoms with E-state index in [0.29, 0.717) is 0 Å². The van der Waals surface area contributed by atoms with Crippen LogP contribution in [-0.2, 0) is 5.60 Å². The molecule has 0 saturated heterocycles. The summed E-state index contributed by atoms with van der Waals surface area (Å²) in [7, 11) is 3.94. The molecule has 0 heterocycles. The summed E-state index contributed by atoms with van der Waals surface area (Å²) in [4.78, 5) is 1.98. The Morgan fingerprint density at radius 3 is 2.44 bits per heavy atom. The van der Waals surface area contributed by atoms with Gasteiger partial charge < -0.3 is 15.1 Å². The summed E-state index contributed by atoms with van der Waals surface area (Å²) in [6.45, 7) is 0. The molecule has 0 bridgehead atoms. The molecule has 3 nitrogen and oxygen atoms in total. The third-order valence-corrected chi connectivity index (χ3v) is 3.52. The number of benzene rings is 1. The van der Waals surface area contributed by atoms with Gasteiger partial charge in [-0.05, 0) is 49.0 Å². The zero-order chi connectivity index (χ0) is 13.2. The van der Waals surface area contributed by atoms with E-state index >= 15 is 0 Å². The molecule has 3 heteroatoms. The minimum Gasteiger partial charge on any atom is -0.508 e. The molecule has 0 radical (unpaired) electrons. The van der Waals surface area contributed by atoms with Crippen molar-refractivity contribution >= 4 is 0 Å². The molecule has 1 aliphatic carbocycles. The van der Waals surface area contributed by atoms with Crippen LogP contribution < -0.4 is 0 Å². The second-order valence-electron chi connectivity index (χ2n) is 5.23. The maximum Gasteiger partial charge on any atom is 0.115 e. The zero-order valence-electron chi connectivity index (χ0n) is 11.1. The number of hydrogen-bond donors (Lipinski definition) is 2. The van der Waals surface area contributed by atoms with E-state index in [9.17, 15) is 10.2 Å². The number of nitrogens with zero attached hydrogens (tertiary/aromatic N) is 1. The summed E-state index contributed by atoms with van der Waals surface area (Å²) >= 11 is 0. The number of phenols is 1. The first-order valence-electron chi connectivity index (χ1n) is 6.42. The van der Waals surface area contributed by atoms with Crippen LogP contribution in [0.15, 0.2) is 36.0 Å². The fourth-order valence-corrected chi connectivity index (χ4v) is 2.61. The summed E-state index contributed by atoms with van der Waals surface area (Å²) in [5.41, 5.74) is 1.05. The highest BCUT2D eigenvalue weighted by Crippen LogP contribution is 2.41. The van der Waals surface area contributed by atoms with Crippen LogP contribution in [0.5, 0.6) is 5.75 Å². The molecule has 1 saturated carbocycles. The molecule has 18 heavy (non-hydrogen) atoms. The van der Waals surface area contributed by atoms with E-state index in [2.05, 4.69) is 0 Å². The Bertz CT molecular complexity index is 436. The lowest BCUT2D eigenvalue weighted by Crippen LogP contribution is -2.32. The summed E-state index contributed by atoms with van der Waals surface area (Å²) in [5, 5.41) is 20.3. The Hall–Kier alpha value is -1.48. The van der Waals surface area contributed by atoms with Gasteiger partial charge in [-0.2, -0.15) is 0 Å². The predicted molar refractivity (Wildman–Crippen MR) is 72.2 cm³/mol. The molecule has 1 atom stereocenters. The summed E-state index contributed by atoms with van der Waals surface area (Å²) in [6, 6.07) is 6.89. The molecule has 2 rings (SSSR count).